The Labute approximate surface area is 121 Å². The normalized spacial score (nSPS) is 11.8. The summed E-state index contributed by atoms with van der Waals surface area (Å²) in [6, 6.07) is 5.38. The minimum Gasteiger partial charge on any atom is -0.497 e. The van der Waals surface area contributed by atoms with E-state index in [2.05, 4.69) is 12.2 Å². The van der Waals surface area contributed by atoms with Gasteiger partial charge in [0, 0.05) is 12.0 Å². The predicted octanol–water partition coefficient (Wildman–Crippen LogP) is 3.86. The molecule has 1 aromatic carbocycles. The zero-order chi connectivity index (χ0) is 15.0. The van der Waals surface area contributed by atoms with Crippen molar-refractivity contribution in [3.05, 3.63) is 18.2 Å². The van der Waals surface area contributed by atoms with Crippen LogP contribution in [0.2, 0.25) is 0 Å². The topological polar surface area (TPSA) is 47.6 Å². The smallest absolute Gasteiger partial charge is 0.227 e. The molecule has 1 rings (SSSR count). The summed E-state index contributed by atoms with van der Waals surface area (Å²) in [5.74, 6) is 1.44. The van der Waals surface area contributed by atoms with Crippen LogP contribution in [0.15, 0.2) is 18.2 Å². The zero-order valence-corrected chi connectivity index (χ0v) is 12.9. The lowest BCUT2D eigenvalue weighted by Crippen LogP contribution is -2.22. The fraction of sp³-hybridized carbons (Fsp3) is 0.562. The summed E-state index contributed by atoms with van der Waals surface area (Å²) >= 11 is 0. The number of benzene rings is 1. The monoisotopic (exact) mass is 279 g/mol. The maximum Gasteiger partial charge on any atom is 0.227 e. The first-order valence-electron chi connectivity index (χ1n) is 7.19. The SMILES string of the molecule is CCCC[C@@H](CC)C(=O)Nc1cc(OC)ccc1OC. The molecule has 1 atom stereocenters. The van der Waals surface area contributed by atoms with Crippen molar-refractivity contribution >= 4 is 11.6 Å². The average Bonchev–Trinajstić information content (AvgIpc) is 2.47. The highest BCUT2D eigenvalue weighted by molar-refractivity contribution is 5.94. The van der Waals surface area contributed by atoms with Crippen molar-refractivity contribution in [1.82, 2.24) is 0 Å². The highest BCUT2D eigenvalue weighted by atomic mass is 16.5. The number of methoxy groups -OCH3 is 2. The maximum absolute atomic E-state index is 12.3. The van der Waals surface area contributed by atoms with E-state index < -0.39 is 0 Å². The van der Waals surface area contributed by atoms with E-state index in [-0.39, 0.29) is 11.8 Å². The number of hydrogen-bond acceptors (Lipinski definition) is 3. The van der Waals surface area contributed by atoms with Crippen LogP contribution < -0.4 is 14.8 Å². The Bertz CT molecular complexity index is 432. The number of ether oxygens (including phenoxy) is 2. The van der Waals surface area contributed by atoms with Crippen LogP contribution in [0.4, 0.5) is 5.69 Å². The molecule has 0 saturated carbocycles. The van der Waals surface area contributed by atoms with E-state index in [1.165, 1.54) is 0 Å². The molecule has 0 bridgehead atoms. The van der Waals surface area contributed by atoms with Crippen LogP contribution in [-0.4, -0.2) is 20.1 Å². The van der Waals surface area contributed by atoms with Gasteiger partial charge in [0.05, 0.1) is 19.9 Å². The van der Waals surface area contributed by atoms with Crippen LogP contribution in [0.5, 0.6) is 11.5 Å². The molecule has 4 nitrogen and oxygen atoms in total. The van der Waals surface area contributed by atoms with Gasteiger partial charge in [-0.15, -0.1) is 0 Å². The van der Waals surface area contributed by atoms with Crippen molar-refractivity contribution < 1.29 is 14.3 Å². The Kier molecular flexibility index (Phi) is 6.91. The van der Waals surface area contributed by atoms with Gasteiger partial charge in [0.25, 0.3) is 0 Å². The Morgan fingerprint density at radius 1 is 1.25 bits per heavy atom. The molecule has 0 aliphatic heterocycles. The van der Waals surface area contributed by atoms with E-state index in [1.807, 2.05) is 13.0 Å². The van der Waals surface area contributed by atoms with Gasteiger partial charge in [-0.1, -0.05) is 26.7 Å². The van der Waals surface area contributed by atoms with Gasteiger partial charge in [-0.25, -0.2) is 0 Å². The fourth-order valence-electron chi connectivity index (χ4n) is 2.12. The number of anilines is 1. The standard InChI is InChI=1S/C16H25NO3/c1-5-7-8-12(6-2)16(18)17-14-11-13(19-3)9-10-15(14)20-4/h9-12H,5-8H2,1-4H3,(H,17,18)/t12-/m1/s1. The molecular weight excluding hydrogens is 254 g/mol. The first kappa shape index (κ1) is 16.3. The van der Waals surface area contributed by atoms with Gasteiger partial charge in [0.1, 0.15) is 11.5 Å². The minimum atomic E-state index is 0.0471. The van der Waals surface area contributed by atoms with Gasteiger partial charge >= 0.3 is 0 Å². The lowest BCUT2D eigenvalue weighted by Gasteiger charge is -2.16. The molecule has 0 heterocycles. The first-order valence-corrected chi connectivity index (χ1v) is 7.19. The summed E-state index contributed by atoms with van der Waals surface area (Å²) in [5, 5.41) is 2.95. The van der Waals surface area contributed by atoms with Gasteiger partial charge in [0.15, 0.2) is 0 Å². The Morgan fingerprint density at radius 2 is 2.00 bits per heavy atom. The van der Waals surface area contributed by atoms with Gasteiger partial charge in [-0.2, -0.15) is 0 Å². The summed E-state index contributed by atoms with van der Waals surface area (Å²) in [6.07, 6.45) is 3.94. The third-order valence-electron chi connectivity index (χ3n) is 3.43. The second kappa shape index (κ2) is 8.46. The number of unbranched alkanes of at least 4 members (excludes halogenated alkanes) is 1. The van der Waals surface area contributed by atoms with E-state index in [4.69, 9.17) is 9.47 Å². The third kappa shape index (κ3) is 4.44. The molecular formula is C16H25NO3. The van der Waals surface area contributed by atoms with E-state index in [0.29, 0.717) is 17.2 Å². The third-order valence-corrected chi connectivity index (χ3v) is 3.43. The van der Waals surface area contributed by atoms with E-state index in [9.17, 15) is 4.79 Å². The molecule has 0 aromatic heterocycles. The Balaban J connectivity index is 2.82. The first-order chi connectivity index (χ1) is 9.65. The fourth-order valence-corrected chi connectivity index (χ4v) is 2.12. The number of nitrogens with one attached hydrogen (secondary N) is 1. The van der Waals surface area contributed by atoms with Crippen molar-refractivity contribution in [2.45, 2.75) is 39.5 Å². The second-order valence-corrected chi connectivity index (χ2v) is 4.80. The Morgan fingerprint density at radius 3 is 2.55 bits per heavy atom. The van der Waals surface area contributed by atoms with Crippen molar-refractivity contribution in [3.8, 4) is 11.5 Å². The van der Waals surface area contributed by atoms with Gasteiger partial charge in [-0.05, 0) is 25.0 Å². The molecule has 0 aliphatic carbocycles. The highest BCUT2D eigenvalue weighted by Gasteiger charge is 2.17. The molecule has 1 amide bonds. The molecule has 1 aromatic rings. The number of amides is 1. The summed E-state index contributed by atoms with van der Waals surface area (Å²) in [6.45, 7) is 4.18. The van der Waals surface area contributed by atoms with E-state index >= 15 is 0 Å². The van der Waals surface area contributed by atoms with E-state index in [1.54, 1.807) is 26.4 Å². The van der Waals surface area contributed by atoms with Gasteiger partial charge in [-0.3, -0.25) is 4.79 Å². The van der Waals surface area contributed by atoms with Crippen molar-refractivity contribution in [1.29, 1.82) is 0 Å². The Hall–Kier alpha value is -1.71. The van der Waals surface area contributed by atoms with E-state index in [0.717, 1.165) is 25.7 Å². The maximum atomic E-state index is 12.3. The lowest BCUT2D eigenvalue weighted by molar-refractivity contribution is -0.120. The van der Waals surface area contributed by atoms with Crippen LogP contribution in [0, 0.1) is 5.92 Å². The molecule has 0 fully saturated rings. The molecule has 0 saturated heterocycles. The quantitative estimate of drug-likeness (QED) is 0.786. The van der Waals surface area contributed by atoms with Crippen LogP contribution in [0.3, 0.4) is 0 Å². The molecule has 0 spiro atoms. The summed E-state index contributed by atoms with van der Waals surface area (Å²) < 4.78 is 10.5. The molecule has 0 aliphatic rings. The zero-order valence-electron chi connectivity index (χ0n) is 12.9. The number of rotatable bonds is 8. The number of carbonyl (C=O) groups is 1. The second-order valence-electron chi connectivity index (χ2n) is 4.80. The summed E-state index contributed by atoms with van der Waals surface area (Å²) in [4.78, 5) is 12.3. The van der Waals surface area contributed by atoms with Crippen LogP contribution >= 0.6 is 0 Å². The van der Waals surface area contributed by atoms with Gasteiger partial charge in [0.2, 0.25) is 5.91 Å². The summed E-state index contributed by atoms with van der Waals surface area (Å²) in [5.41, 5.74) is 0.659. The van der Waals surface area contributed by atoms with Crippen molar-refractivity contribution in [2.75, 3.05) is 19.5 Å². The lowest BCUT2D eigenvalue weighted by atomic mass is 9.98. The summed E-state index contributed by atoms with van der Waals surface area (Å²) in [7, 11) is 3.19. The van der Waals surface area contributed by atoms with Crippen molar-refractivity contribution in [3.63, 3.8) is 0 Å². The molecule has 112 valence electrons. The average molecular weight is 279 g/mol. The largest absolute Gasteiger partial charge is 0.497 e. The molecule has 20 heavy (non-hydrogen) atoms. The van der Waals surface area contributed by atoms with Crippen LogP contribution in [0.25, 0.3) is 0 Å². The van der Waals surface area contributed by atoms with Crippen molar-refractivity contribution in [2.24, 2.45) is 5.92 Å². The number of hydrogen-bond donors (Lipinski definition) is 1. The van der Waals surface area contributed by atoms with Crippen LogP contribution in [0.1, 0.15) is 39.5 Å². The highest BCUT2D eigenvalue weighted by Crippen LogP contribution is 2.29. The minimum absolute atomic E-state index is 0.0471. The molecule has 4 heteroatoms. The van der Waals surface area contributed by atoms with Crippen LogP contribution in [-0.2, 0) is 4.79 Å². The van der Waals surface area contributed by atoms with Gasteiger partial charge < -0.3 is 14.8 Å². The molecule has 0 unspecified atom stereocenters. The molecule has 1 N–H and O–H groups in total. The number of carbonyl (C=O) groups excluding carboxylic acids is 1. The molecule has 0 radical (unpaired) electrons. The predicted molar refractivity (Wildman–Crippen MR) is 81.5 cm³/mol.